The molecule has 1 aliphatic rings. The van der Waals surface area contributed by atoms with Crippen molar-refractivity contribution in [3.05, 3.63) is 30.0 Å². The predicted molar refractivity (Wildman–Crippen MR) is 68.3 cm³/mol. The van der Waals surface area contributed by atoms with Crippen molar-refractivity contribution in [1.82, 2.24) is 5.16 Å². The lowest BCUT2D eigenvalue weighted by atomic mass is 10.1. The minimum absolute atomic E-state index is 0.0570. The number of hydrogen-bond donors (Lipinski definition) is 2. The molecule has 96 valence electrons. The molecule has 0 spiro atoms. The number of carbonyl (C=O) groups excluding carboxylic acids is 1. The third-order valence-electron chi connectivity index (χ3n) is 2.63. The van der Waals surface area contributed by atoms with Gasteiger partial charge < -0.3 is 14.9 Å². The number of carboxylic acids is 1. The Morgan fingerprint density at radius 3 is 3.00 bits per heavy atom. The molecule has 0 saturated carbocycles. The first-order valence-corrected chi connectivity index (χ1v) is 6.39. The Hall–Kier alpha value is -2.28. The molecule has 0 radical (unpaired) electrons. The number of rotatable bonds is 2. The molecule has 3 rings (SSSR count). The summed E-state index contributed by atoms with van der Waals surface area (Å²) < 4.78 is 4.98. The van der Waals surface area contributed by atoms with E-state index in [2.05, 4.69) is 10.5 Å². The van der Waals surface area contributed by atoms with E-state index in [0.29, 0.717) is 22.8 Å². The fourth-order valence-electron chi connectivity index (χ4n) is 1.75. The maximum absolute atomic E-state index is 11.3. The van der Waals surface area contributed by atoms with Crippen molar-refractivity contribution in [2.24, 2.45) is 0 Å². The van der Waals surface area contributed by atoms with E-state index >= 15 is 0 Å². The van der Waals surface area contributed by atoms with Gasteiger partial charge in [0, 0.05) is 16.5 Å². The lowest BCUT2D eigenvalue weighted by Gasteiger charge is -2.16. The molecule has 6 nitrogen and oxygen atoms in total. The number of carbonyl (C=O) groups is 2. The molecule has 0 unspecified atom stereocenters. The first-order chi connectivity index (χ1) is 9.13. The molecule has 0 bridgehead atoms. The van der Waals surface area contributed by atoms with Gasteiger partial charge in [0.15, 0.2) is 11.5 Å². The van der Waals surface area contributed by atoms with Gasteiger partial charge in [0.25, 0.3) is 0 Å². The van der Waals surface area contributed by atoms with E-state index < -0.39 is 5.97 Å². The van der Waals surface area contributed by atoms with Crippen LogP contribution in [0.1, 0.15) is 10.5 Å². The zero-order chi connectivity index (χ0) is 13.4. The van der Waals surface area contributed by atoms with E-state index in [-0.39, 0.29) is 11.6 Å². The summed E-state index contributed by atoms with van der Waals surface area (Å²) in [7, 11) is 0. The van der Waals surface area contributed by atoms with Crippen molar-refractivity contribution >= 4 is 29.3 Å². The molecule has 2 heterocycles. The average molecular weight is 276 g/mol. The van der Waals surface area contributed by atoms with Crippen LogP contribution in [0, 0.1) is 0 Å². The van der Waals surface area contributed by atoms with Gasteiger partial charge in [-0.15, -0.1) is 11.8 Å². The average Bonchev–Trinajstić information content (AvgIpc) is 2.87. The molecule has 1 aromatic heterocycles. The van der Waals surface area contributed by atoms with Gasteiger partial charge in [-0.2, -0.15) is 0 Å². The van der Waals surface area contributed by atoms with Crippen LogP contribution in [0.4, 0.5) is 5.69 Å². The van der Waals surface area contributed by atoms with Crippen LogP contribution in [0.25, 0.3) is 11.3 Å². The van der Waals surface area contributed by atoms with E-state index in [1.54, 1.807) is 12.1 Å². The van der Waals surface area contributed by atoms with Crippen molar-refractivity contribution in [2.45, 2.75) is 4.90 Å². The number of amides is 1. The summed E-state index contributed by atoms with van der Waals surface area (Å²) in [4.78, 5) is 23.0. The first kappa shape index (κ1) is 11.8. The molecule has 7 heteroatoms. The standard InChI is InChI=1S/C12H8N2O4S/c15-11-5-19-10-2-1-6(3-7(10)13-11)9-4-8(12(16)17)14-18-9/h1-4H,5H2,(H,13,15)(H,16,17). The summed E-state index contributed by atoms with van der Waals surface area (Å²) in [5.41, 5.74) is 1.22. The lowest BCUT2D eigenvalue weighted by molar-refractivity contribution is -0.113. The van der Waals surface area contributed by atoms with Gasteiger partial charge in [0.1, 0.15) is 0 Å². The first-order valence-electron chi connectivity index (χ1n) is 5.40. The zero-order valence-corrected chi connectivity index (χ0v) is 10.4. The largest absolute Gasteiger partial charge is 0.476 e. The van der Waals surface area contributed by atoms with Crippen LogP contribution in [0.15, 0.2) is 33.7 Å². The van der Waals surface area contributed by atoms with Crippen LogP contribution >= 0.6 is 11.8 Å². The number of aromatic nitrogens is 1. The molecule has 2 N–H and O–H groups in total. The fourth-order valence-corrected chi connectivity index (χ4v) is 2.54. The van der Waals surface area contributed by atoms with Gasteiger partial charge in [-0.05, 0) is 18.2 Å². The molecule has 1 aliphatic heterocycles. The number of anilines is 1. The molecular weight excluding hydrogens is 268 g/mol. The van der Waals surface area contributed by atoms with Gasteiger partial charge >= 0.3 is 5.97 Å². The Bertz CT molecular complexity index is 680. The molecule has 1 aromatic carbocycles. The summed E-state index contributed by atoms with van der Waals surface area (Å²) in [6, 6.07) is 6.75. The Kier molecular flexibility index (Phi) is 2.75. The second-order valence-corrected chi connectivity index (χ2v) is 4.95. The van der Waals surface area contributed by atoms with E-state index in [9.17, 15) is 9.59 Å². The lowest BCUT2D eigenvalue weighted by Crippen LogP contribution is -2.18. The third kappa shape index (κ3) is 2.19. The van der Waals surface area contributed by atoms with Crippen molar-refractivity contribution in [3.8, 4) is 11.3 Å². The van der Waals surface area contributed by atoms with Crippen molar-refractivity contribution in [2.75, 3.05) is 11.1 Å². The van der Waals surface area contributed by atoms with E-state index in [4.69, 9.17) is 9.63 Å². The molecule has 0 aliphatic carbocycles. The molecule has 2 aromatic rings. The third-order valence-corrected chi connectivity index (χ3v) is 3.70. The molecule has 1 amide bonds. The normalized spacial score (nSPS) is 13.8. The Morgan fingerprint density at radius 2 is 2.26 bits per heavy atom. The maximum atomic E-state index is 11.3. The summed E-state index contributed by atoms with van der Waals surface area (Å²) in [6.45, 7) is 0. The highest BCUT2D eigenvalue weighted by Gasteiger charge is 2.18. The minimum atomic E-state index is -1.14. The highest BCUT2D eigenvalue weighted by atomic mass is 32.2. The number of nitrogens with zero attached hydrogens (tertiary/aromatic N) is 1. The van der Waals surface area contributed by atoms with Crippen molar-refractivity contribution in [3.63, 3.8) is 0 Å². The summed E-state index contributed by atoms with van der Waals surface area (Å²) in [5.74, 6) is -0.446. The molecule has 19 heavy (non-hydrogen) atoms. The second kappa shape index (κ2) is 4.43. The van der Waals surface area contributed by atoms with E-state index in [1.165, 1.54) is 17.8 Å². The molecular formula is C12H8N2O4S. The molecule has 0 atom stereocenters. The highest BCUT2D eigenvalue weighted by Crippen LogP contribution is 2.34. The maximum Gasteiger partial charge on any atom is 0.358 e. The number of fused-ring (bicyclic) bond motifs is 1. The van der Waals surface area contributed by atoms with Crippen LogP contribution in [-0.4, -0.2) is 27.9 Å². The zero-order valence-electron chi connectivity index (χ0n) is 9.54. The quantitative estimate of drug-likeness (QED) is 0.872. The fraction of sp³-hybridized carbons (Fsp3) is 0.0833. The highest BCUT2D eigenvalue weighted by molar-refractivity contribution is 8.00. The molecule has 0 saturated heterocycles. The van der Waals surface area contributed by atoms with Gasteiger partial charge in [-0.1, -0.05) is 5.16 Å². The van der Waals surface area contributed by atoms with Gasteiger partial charge in [0.2, 0.25) is 5.91 Å². The summed E-state index contributed by atoms with van der Waals surface area (Å²) in [5, 5.41) is 15.0. The summed E-state index contributed by atoms with van der Waals surface area (Å²) >= 11 is 1.46. The number of aromatic carboxylic acids is 1. The van der Waals surface area contributed by atoms with Crippen LogP contribution in [0.3, 0.4) is 0 Å². The summed E-state index contributed by atoms with van der Waals surface area (Å²) in [6.07, 6.45) is 0. The number of carboxylic acid groups (broad SMARTS) is 1. The number of benzene rings is 1. The Morgan fingerprint density at radius 1 is 1.42 bits per heavy atom. The Balaban J connectivity index is 1.99. The monoisotopic (exact) mass is 276 g/mol. The predicted octanol–water partition coefficient (Wildman–Crippen LogP) is 2.08. The topological polar surface area (TPSA) is 92.4 Å². The van der Waals surface area contributed by atoms with Crippen molar-refractivity contribution < 1.29 is 19.2 Å². The van der Waals surface area contributed by atoms with Crippen LogP contribution in [0.2, 0.25) is 0 Å². The second-order valence-electron chi connectivity index (χ2n) is 3.93. The van der Waals surface area contributed by atoms with E-state index in [1.807, 2.05) is 6.07 Å². The van der Waals surface area contributed by atoms with Crippen LogP contribution in [0.5, 0.6) is 0 Å². The number of nitrogens with one attached hydrogen (secondary N) is 1. The number of thioether (sulfide) groups is 1. The Labute approximate surface area is 111 Å². The van der Waals surface area contributed by atoms with E-state index in [0.717, 1.165) is 4.90 Å². The van der Waals surface area contributed by atoms with Gasteiger partial charge in [-0.25, -0.2) is 4.79 Å². The minimum Gasteiger partial charge on any atom is -0.476 e. The van der Waals surface area contributed by atoms with Gasteiger partial charge in [0.05, 0.1) is 11.4 Å². The molecule has 0 fully saturated rings. The SMILES string of the molecule is O=C1CSc2ccc(-c3cc(C(=O)O)no3)cc2N1. The van der Waals surface area contributed by atoms with Crippen LogP contribution < -0.4 is 5.32 Å². The van der Waals surface area contributed by atoms with Gasteiger partial charge in [-0.3, -0.25) is 4.79 Å². The van der Waals surface area contributed by atoms with Crippen molar-refractivity contribution in [1.29, 1.82) is 0 Å². The number of hydrogen-bond acceptors (Lipinski definition) is 5. The van der Waals surface area contributed by atoms with Crippen LogP contribution in [-0.2, 0) is 4.79 Å². The smallest absolute Gasteiger partial charge is 0.358 e.